The van der Waals surface area contributed by atoms with Crippen molar-refractivity contribution in [2.24, 2.45) is 0 Å². The van der Waals surface area contributed by atoms with Gasteiger partial charge in [0, 0.05) is 11.8 Å². The number of carbonyl (C=O) groups excluding carboxylic acids is 1. The Labute approximate surface area is 115 Å². The van der Waals surface area contributed by atoms with Crippen LogP contribution in [0, 0.1) is 0 Å². The first-order valence-electron chi connectivity index (χ1n) is 5.55. The van der Waals surface area contributed by atoms with Crippen molar-refractivity contribution in [3.63, 3.8) is 0 Å². The first kappa shape index (κ1) is 13.2. The summed E-state index contributed by atoms with van der Waals surface area (Å²) in [5.74, 6) is 0.909. The van der Waals surface area contributed by atoms with E-state index in [1.54, 1.807) is 42.7 Å². The Morgan fingerprint density at radius 2 is 2.26 bits per heavy atom. The van der Waals surface area contributed by atoms with Gasteiger partial charge in [-0.3, -0.25) is 4.79 Å². The molecule has 19 heavy (non-hydrogen) atoms. The van der Waals surface area contributed by atoms with E-state index >= 15 is 0 Å². The maximum absolute atomic E-state index is 11.7. The highest BCUT2D eigenvalue weighted by atomic mass is 35.5. The molecular formula is C14H12ClNO3. The molecular weight excluding hydrogens is 266 g/mol. The third kappa shape index (κ3) is 3.63. The molecule has 0 fully saturated rings. The number of anilines is 1. The van der Waals surface area contributed by atoms with Crippen LogP contribution in [0.4, 0.5) is 5.69 Å². The lowest BCUT2D eigenvalue weighted by Crippen LogP contribution is -2.07. The second-order valence-corrected chi connectivity index (χ2v) is 4.09. The lowest BCUT2D eigenvalue weighted by Gasteiger charge is -2.06. The number of hydrogen-bond donors (Lipinski definition) is 1. The fourth-order valence-corrected chi connectivity index (χ4v) is 1.73. The summed E-state index contributed by atoms with van der Waals surface area (Å²) in [5, 5.41) is 3.13. The van der Waals surface area contributed by atoms with Crippen molar-refractivity contribution >= 4 is 29.3 Å². The molecule has 1 heterocycles. The summed E-state index contributed by atoms with van der Waals surface area (Å²) in [7, 11) is 1.53. The molecule has 0 aliphatic heterocycles. The fourth-order valence-electron chi connectivity index (χ4n) is 1.47. The van der Waals surface area contributed by atoms with E-state index in [0.717, 1.165) is 0 Å². The highest BCUT2D eigenvalue weighted by molar-refractivity contribution is 6.32. The van der Waals surface area contributed by atoms with Gasteiger partial charge in [-0.25, -0.2) is 0 Å². The van der Waals surface area contributed by atoms with Crippen LogP contribution in [0.5, 0.6) is 5.75 Å². The molecule has 0 radical (unpaired) electrons. The Bertz CT molecular complexity index is 591. The molecule has 1 N–H and O–H groups in total. The monoisotopic (exact) mass is 277 g/mol. The van der Waals surface area contributed by atoms with E-state index in [0.29, 0.717) is 22.2 Å². The van der Waals surface area contributed by atoms with Crippen LogP contribution in [0.3, 0.4) is 0 Å². The van der Waals surface area contributed by atoms with Crippen LogP contribution in [0.25, 0.3) is 6.08 Å². The number of methoxy groups -OCH3 is 1. The zero-order valence-electron chi connectivity index (χ0n) is 10.2. The van der Waals surface area contributed by atoms with Crippen molar-refractivity contribution in [2.75, 3.05) is 12.4 Å². The second-order valence-electron chi connectivity index (χ2n) is 3.69. The average Bonchev–Trinajstić information content (AvgIpc) is 2.90. The Kier molecular flexibility index (Phi) is 4.26. The van der Waals surface area contributed by atoms with Crippen LogP contribution >= 0.6 is 11.6 Å². The van der Waals surface area contributed by atoms with Crippen molar-refractivity contribution in [3.05, 3.63) is 53.5 Å². The van der Waals surface area contributed by atoms with E-state index in [9.17, 15) is 4.79 Å². The number of halogens is 1. The molecule has 0 bridgehead atoms. The number of nitrogens with one attached hydrogen (secondary N) is 1. The van der Waals surface area contributed by atoms with Gasteiger partial charge in [0.2, 0.25) is 5.91 Å². The van der Waals surface area contributed by atoms with Crippen LogP contribution in [0.2, 0.25) is 5.02 Å². The number of benzene rings is 1. The molecule has 0 unspecified atom stereocenters. The Balaban J connectivity index is 2.01. The number of amides is 1. The fraction of sp³-hybridized carbons (Fsp3) is 0.0714. The quantitative estimate of drug-likeness (QED) is 0.869. The first-order valence-corrected chi connectivity index (χ1v) is 5.93. The van der Waals surface area contributed by atoms with E-state index in [4.69, 9.17) is 20.8 Å². The smallest absolute Gasteiger partial charge is 0.248 e. The van der Waals surface area contributed by atoms with Gasteiger partial charge in [-0.05, 0) is 36.4 Å². The van der Waals surface area contributed by atoms with Crippen molar-refractivity contribution in [1.82, 2.24) is 0 Å². The summed E-state index contributed by atoms with van der Waals surface area (Å²) in [6.45, 7) is 0. The predicted molar refractivity (Wildman–Crippen MR) is 74.4 cm³/mol. The summed E-state index contributed by atoms with van der Waals surface area (Å²) in [6, 6.07) is 8.53. The van der Waals surface area contributed by atoms with E-state index < -0.39 is 0 Å². The molecule has 98 valence electrons. The van der Waals surface area contributed by atoms with Gasteiger partial charge in [0.25, 0.3) is 0 Å². The molecule has 5 heteroatoms. The van der Waals surface area contributed by atoms with Crippen molar-refractivity contribution < 1.29 is 13.9 Å². The van der Waals surface area contributed by atoms with Gasteiger partial charge in [-0.1, -0.05) is 11.6 Å². The molecule has 2 rings (SSSR count). The number of rotatable bonds is 4. The van der Waals surface area contributed by atoms with Crippen LogP contribution < -0.4 is 10.1 Å². The second kappa shape index (κ2) is 6.11. The SMILES string of the molecule is COc1ccc(NC(=O)/C=C/c2ccco2)cc1Cl. The van der Waals surface area contributed by atoms with E-state index in [-0.39, 0.29) is 5.91 Å². The van der Waals surface area contributed by atoms with Crippen molar-refractivity contribution in [3.8, 4) is 5.75 Å². The number of carbonyl (C=O) groups is 1. The van der Waals surface area contributed by atoms with E-state index in [2.05, 4.69) is 5.32 Å². The van der Waals surface area contributed by atoms with Crippen molar-refractivity contribution in [2.45, 2.75) is 0 Å². The minimum atomic E-state index is -0.266. The molecule has 0 spiro atoms. The third-order valence-electron chi connectivity index (χ3n) is 2.36. The highest BCUT2D eigenvalue weighted by Crippen LogP contribution is 2.27. The molecule has 1 aromatic carbocycles. The van der Waals surface area contributed by atoms with Crippen molar-refractivity contribution in [1.29, 1.82) is 0 Å². The van der Waals surface area contributed by atoms with Gasteiger partial charge in [0.05, 0.1) is 18.4 Å². The maximum atomic E-state index is 11.7. The zero-order chi connectivity index (χ0) is 13.7. The number of hydrogen-bond acceptors (Lipinski definition) is 3. The normalized spacial score (nSPS) is 10.6. The molecule has 0 aliphatic rings. The molecule has 4 nitrogen and oxygen atoms in total. The molecule has 0 atom stereocenters. The van der Waals surface area contributed by atoms with Gasteiger partial charge < -0.3 is 14.5 Å². The lowest BCUT2D eigenvalue weighted by molar-refractivity contribution is -0.111. The highest BCUT2D eigenvalue weighted by Gasteiger charge is 2.03. The summed E-state index contributed by atoms with van der Waals surface area (Å²) >= 11 is 5.96. The number of ether oxygens (including phenoxy) is 1. The summed E-state index contributed by atoms with van der Waals surface area (Å²) in [5.41, 5.74) is 0.597. The zero-order valence-corrected chi connectivity index (χ0v) is 11.0. The van der Waals surface area contributed by atoms with E-state index in [1.807, 2.05) is 0 Å². The molecule has 0 aliphatic carbocycles. The largest absolute Gasteiger partial charge is 0.495 e. The minimum Gasteiger partial charge on any atom is -0.495 e. The van der Waals surface area contributed by atoms with E-state index in [1.165, 1.54) is 13.2 Å². The molecule has 2 aromatic rings. The lowest BCUT2D eigenvalue weighted by atomic mass is 10.3. The Hall–Kier alpha value is -2.20. The topological polar surface area (TPSA) is 51.5 Å². The van der Waals surface area contributed by atoms with Crippen LogP contribution in [0.1, 0.15) is 5.76 Å². The van der Waals surface area contributed by atoms with Gasteiger partial charge in [0.15, 0.2) is 0 Å². The van der Waals surface area contributed by atoms with Crippen LogP contribution in [0.15, 0.2) is 47.1 Å². The van der Waals surface area contributed by atoms with Crippen LogP contribution in [-0.4, -0.2) is 13.0 Å². The average molecular weight is 278 g/mol. The summed E-state index contributed by atoms with van der Waals surface area (Å²) in [4.78, 5) is 11.7. The predicted octanol–water partition coefficient (Wildman–Crippen LogP) is 3.59. The first-order chi connectivity index (χ1) is 9.19. The Morgan fingerprint density at radius 3 is 2.89 bits per heavy atom. The molecule has 0 saturated heterocycles. The van der Waals surface area contributed by atoms with Crippen LogP contribution in [-0.2, 0) is 4.79 Å². The Morgan fingerprint density at radius 1 is 1.42 bits per heavy atom. The number of furan rings is 1. The van der Waals surface area contributed by atoms with Gasteiger partial charge in [0.1, 0.15) is 11.5 Å². The molecule has 0 saturated carbocycles. The molecule has 1 amide bonds. The van der Waals surface area contributed by atoms with Gasteiger partial charge >= 0.3 is 0 Å². The maximum Gasteiger partial charge on any atom is 0.248 e. The minimum absolute atomic E-state index is 0.266. The summed E-state index contributed by atoms with van der Waals surface area (Å²) in [6.07, 6.45) is 4.51. The van der Waals surface area contributed by atoms with Gasteiger partial charge in [-0.15, -0.1) is 0 Å². The standard InChI is InChI=1S/C14H12ClNO3/c1-18-13-6-4-10(9-12(13)15)16-14(17)7-5-11-3-2-8-19-11/h2-9H,1H3,(H,16,17)/b7-5+. The summed E-state index contributed by atoms with van der Waals surface area (Å²) < 4.78 is 10.1. The third-order valence-corrected chi connectivity index (χ3v) is 2.66. The van der Waals surface area contributed by atoms with Gasteiger partial charge in [-0.2, -0.15) is 0 Å². The molecule has 1 aromatic heterocycles.